The van der Waals surface area contributed by atoms with Crippen LogP contribution in [0.5, 0.6) is 5.75 Å². The zero-order valence-electron chi connectivity index (χ0n) is 10.5. The summed E-state index contributed by atoms with van der Waals surface area (Å²) < 4.78 is 45.3. The van der Waals surface area contributed by atoms with E-state index in [-0.39, 0.29) is 5.69 Å². The van der Waals surface area contributed by atoms with Crippen LogP contribution in [0.15, 0.2) is 36.1 Å². The Hall–Kier alpha value is -2.18. The molecule has 20 heavy (non-hydrogen) atoms. The molecule has 1 aromatic rings. The fraction of sp³-hybridized carbons (Fsp3) is 0.308. The Morgan fingerprint density at radius 3 is 2.80 bits per heavy atom. The molecule has 1 aliphatic rings. The largest absolute Gasteiger partial charge is 0.573 e. The number of alkyl halides is 3. The van der Waals surface area contributed by atoms with Crippen LogP contribution in [-0.2, 0) is 9.53 Å². The molecular weight excluding hydrogens is 275 g/mol. The van der Waals surface area contributed by atoms with Gasteiger partial charge >= 0.3 is 6.36 Å². The zero-order valence-corrected chi connectivity index (χ0v) is 10.5. The van der Waals surface area contributed by atoms with E-state index in [1.807, 2.05) is 0 Å². The number of benzene rings is 1. The Balaban J connectivity index is 1.99. The van der Waals surface area contributed by atoms with Gasteiger partial charge in [0.15, 0.2) is 6.10 Å². The molecule has 1 heterocycles. The average Bonchev–Trinajstić information content (AvgIpc) is 2.74. The SMILES string of the molecule is CC1=CCC(C(=O)Nc2cccc(OC(F)(F)F)c2)O1. The second-order valence-corrected chi connectivity index (χ2v) is 4.22. The molecule has 0 aliphatic carbocycles. The summed E-state index contributed by atoms with van der Waals surface area (Å²) in [5.41, 5.74) is 0.213. The van der Waals surface area contributed by atoms with Crippen molar-refractivity contribution in [1.29, 1.82) is 0 Å². The van der Waals surface area contributed by atoms with Crippen molar-refractivity contribution in [2.45, 2.75) is 25.8 Å². The lowest BCUT2D eigenvalue weighted by Gasteiger charge is -2.13. The first-order valence-electron chi connectivity index (χ1n) is 5.83. The summed E-state index contributed by atoms with van der Waals surface area (Å²) >= 11 is 0. The first kappa shape index (κ1) is 14.2. The van der Waals surface area contributed by atoms with Crippen LogP contribution in [0.1, 0.15) is 13.3 Å². The van der Waals surface area contributed by atoms with Crippen molar-refractivity contribution in [2.24, 2.45) is 0 Å². The lowest BCUT2D eigenvalue weighted by molar-refractivity contribution is -0.274. The third kappa shape index (κ3) is 3.91. The second-order valence-electron chi connectivity index (χ2n) is 4.22. The van der Waals surface area contributed by atoms with Crippen LogP contribution in [0.3, 0.4) is 0 Å². The number of anilines is 1. The third-order valence-electron chi connectivity index (χ3n) is 2.58. The van der Waals surface area contributed by atoms with E-state index in [1.165, 1.54) is 12.1 Å². The fourth-order valence-electron chi connectivity index (χ4n) is 1.75. The topological polar surface area (TPSA) is 47.6 Å². The smallest absolute Gasteiger partial charge is 0.485 e. The van der Waals surface area contributed by atoms with Crippen LogP contribution in [-0.4, -0.2) is 18.4 Å². The fourth-order valence-corrected chi connectivity index (χ4v) is 1.75. The summed E-state index contributed by atoms with van der Waals surface area (Å²) in [6.45, 7) is 1.73. The lowest BCUT2D eigenvalue weighted by atomic mass is 10.2. The molecule has 1 unspecified atom stereocenters. The van der Waals surface area contributed by atoms with Gasteiger partial charge < -0.3 is 14.8 Å². The maximum Gasteiger partial charge on any atom is 0.573 e. The minimum Gasteiger partial charge on any atom is -0.485 e. The Kier molecular flexibility index (Phi) is 3.87. The Morgan fingerprint density at radius 2 is 2.20 bits per heavy atom. The van der Waals surface area contributed by atoms with E-state index < -0.39 is 24.1 Å². The molecule has 0 spiro atoms. The molecule has 1 amide bonds. The van der Waals surface area contributed by atoms with Crippen molar-refractivity contribution >= 4 is 11.6 Å². The Bertz CT molecular complexity index is 540. The van der Waals surface area contributed by atoms with E-state index in [2.05, 4.69) is 10.1 Å². The number of rotatable bonds is 3. The van der Waals surface area contributed by atoms with Crippen molar-refractivity contribution in [1.82, 2.24) is 0 Å². The van der Waals surface area contributed by atoms with Crippen molar-refractivity contribution in [2.75, 3.05) is 5.32 Å². The van der Waals surface area contributed by atoms with Gasteiger partial charge in [0, 0.05) is 18.2 Å². The standard InChI is InChI=1S/C13H12F3NO3/c1-8-5-6-11(19-8)12(18)17-9-3-2-4-10(7-9)20-13(14,15)16/h2-5,7,11H,6H2,1H3,(H,17,18). The van der Waals surface area contributed by atoms with Crippen molar-refractivity contribution in [3.63, 3.8) is 0 Å². The molecule has 1 aliphatic heterocycles. The van der Waals surface area contributed by atoms with Gasteiger partial charge in [-0.05, 0) is 25.1 Å². The van der Waals surface area contributed by atoms with E-state index in [9.17, 15) is 18.0 Å². The third-order valence-corrected chi connectivity index (χ3v) is 2.58. The predicted molar refractivity (Wildman–Crippen MR) is 65.0 cm³/mol. The van der Waals surface area contributed by atoms with E-state index >= 15 is 0 Å². The highest BCUT2D eigenvalue weighted by atomic mass is 19.4. The van der Waals surface area contributed by atoms with Crippen LogP contribution in [0.2, 0.25) is 0 Å². The second kappa shape index (κ2) is 5.44. The van der Waals surface area contributed by atoms with Crippen molar-refractivity contribution < 1.29 is 27.4 Å². The lowest BCUT2D eigenvalue weighted by Crippen LogP contribution is -2.27. The van der Waals surface area contributed by atoms with Gasteiger partial charge in [-0.25, -0.2) is 0 Å². The van der Waals surface area contributed by atoms with Crippen LogP contribution < -0.4 is 10.1 Å². The molecule has 0 radical (unpaired) electrons. The van der Waals surface area contributed by atoms with Crippen LogP contribution in [0, 0.1) is 0 Å². The molecule has 4 nitrogen and oxygen atoms in total. The van der Waals surface area contributed by atoms with Crippen molar-refractivity contribution in [3.05, 3.63) is 36.1 Å². The number of halogens is 3. The molecule has 2 rings (SSSR count). The van der Waals surface area contributed by atoms with Gasteiger partial charge in [0.05, 0.1) is 5.76 Å². The Labute approximate surface area is 113 Å². The van der Waals surface area contributed by atoms with E-state index in [0.717, 1.165) is 12.1 Å². The highest BCUT2D eigenvalue weighted by molar-refractivity contribution is 5.94. The molecule has 0 fully saturated rings. The van der Waals surface area contributed by atoms with Crippen LogP contribution in [0.4, 0.5) is 18.9 Å². The Morgan fingerprint density at radius 1 is 1.45 bits per heavy atom. The van der Waals surface area contributed by atoms with Crippen molar-refractivity contribution in [3.8, 4) is 5.75 Å². The molecule has 0 saturated heterocycles. The number of amides is 1. The minimum atomic E-state index is -4.77. The first-order valence-corrected chi connectivity index (χ1v) is 5.83. The highest BCUT2D eigenvalue weighted by Gasteiger charge is 2.31. The number of ether oxygens (including phenoxy) is 2. The predicted octanol–water partition coefficient (Wildman–Crippen LogP) is 3.22. The summed E-state index contributed by atoms with van der Waals surface area (Å²) in [6, 6.07) is 5.08. The van der Waals surface area contributed by atoms with Crippen LogP contribution in [0.25, 0.3) is 0 Å². The zero-order chi connectivity index (χ0) is 14.8. The number of allylic oxidation sites excluding steroid dienone is 1. The normalized spacial score (nSPS) is 18.2. The van der Waals surface area contributed by atoms with Gasteiger partial charge in [0.2, 0.25) is 0 Å². The monoisotopic (exact) mass is 287 g/mol. The number of hydrogen-bond acceptors (Lipinski definition) is 3. The number of carbonyl (C=O) groups is 1. The molecule has 0 aromatic heterocycles. The van der Waals surface area contributed by atoms with Gasteiger partial charge in [-0.1, -0.05) is 6.07 Å². The molecule has 1 N–H and O–H groups in total. The summed E-state index contributed by atoms with van der Waals surface area (Å²) in [5, 5.41) is 2.49. The number of carbonyl (C=O) groups excluding carboxylic acids is 1. The van der Waals surface area contributed by atoms with E-state index in [4.69, 9.17) is 4.74 Å². The maximum absolute atomic E-state index is 12.1. The van der Waals surface area contributed by atoms with Gasteiger partial charge in [-0.3, -0.25) is 4.79 Å². The number of nitrogens with one attached hydrogen (secondary N) is 1. The molecule has 1 atom stereocenters. The van der Waals surface area contributed by atoms with Gasteiger partial charge in [0.25, 0.3) is 5.91 Å². The summed E-state index contributed by atoms with van der Waals surface area (Å²) in [5.74, 6) is -0.154. The van der Waals surface area contributed by atoms with Gasteiger partial charge in [0.1, 0.15) is 5.75 Å². The van der Waals surface area contributed by atoms with Crippen LogP contribution >= 0.6 is 0 Å². The van der Waals surface area contributed by atoms with Gasteiger partial charge in [-0.15, -0.1) is 13.2 Å². The van der Waals surface area contributed by atoms with Gasteiger partial charge in [-0.2, -0.15) is 0 Å². The van der Waals surface area contributed by atoms with E-state index in [1.54, 1.807) is 13.0 Å². The average molecular weight is 287 g/mol. The maximum atomic E-state index is 12.1. The minimum absolute atomic E-state index is 0.213. The summed E-state index contributed by atoms with van der Waals surface area (Å²) in [6.07, 6.45) is -3.20. The molecule has 0 bridgehead atoms. The molecular formula is C13H12F3NO3. The highest BCUT2D eigenvalue weighted by Crippen LogP contribution is 2.25. The summed E-state index contributed by atoms with van der Waals surface area (Å²) in [7, 11) is 0. The quantitative estimate of drug-likeness (QED) is 0.928. The molecule has 7 heteroatoms. The molecule has 108 valence electrons. The molecule has 1 aromatic carbocycles. The first-order chi connectivity index (χ1) is 9.33. The summed E-state index contributed by atoms with van der Waals surface area (Å²) in [4.78, 5) is 11.8. The van der Waals surface area contributed by atoms with E-state index in [0.29, 0.717) is 12.2 Å². The molecule has 0 saturated carbocycles. The number of hydrogen-bond donors (Lipinski definition) is 1.